The van der Waals surface area contributed by atoms with Gasteiger partial charge < -0.3 is 0 Å². The Balaban J connectivity index is 2.07. The van der Waals surface area contributed by atoms with Crippen LogP contribution in [0.5, 0.6) is 0 Å². The van der Waals surface area contributed by atoms with E-state index in [1.54, 1.807) is 7.05 Å². The summed E-state index contributed by atoms with van der Waals surface area (Å²) in [5.41, 5.74) is 0.157. The van der Waals surface area contributed by atoms with Crippen molar-refractivity contribution >= 4 is 11.6 Å². The topological polar surface area (TPSA) is 43.6 Å². The zero-order valence-corrected chi connectivity index (χ0v) is 9.33. The van der Waals surface area contributed by atoms with Crippen LogP contribution in [0.3, 0.4) is 0 Å². The van der Waals surface area contributed by atoms with Crippen LogP contribution in [0.4, 0.5) is 0 Å². The normalized spacial score (nSPS) is 20.8. The molecule has 0 bridgehead atoms. The van der Waals surface area contributed by atoms with Gasteiger partial charge in [0.05, 0.1) is 7.05 Å². The first-order chi connectivity index (χ1) is 6.64. The number of tetrazole rings is 1. The fourth-order valence-corrected chi connectivity index (χ4v) is 2.15. The zero-order chi connectivity index (χ0) is 10.2. The highest BCUT2D eigenvalue weighted by Gasteiger charge is 2.41. The van der Waals surface area contributed by atoms with E-state index in [9.17, 15) is 0 Å². The first-order valence-corrected chi connectivity index (χ1v) is 5.46. The molecular weight excluding hydrogens is 200 g/mol. The lowest BCUT2D eigenvalue weighted by atomic mass is 9.83. The summed E-state index contributed by atoms with van der Waals surface area (Å²) in [5.74, 6) is 2.24. The van der Waals surface area contributed by atoms with E-state index in [1.165, 1.54) is 17.6 Å². The molecule has 1 fully saturated rings. The highest BCUT2D eigenvalue weighted by molar-refractivity contribution is 6.18. The maximum atomic E-state index is 6.02. The van der Waals surface area contributed by atoms with Crippen LogP contribution in [0.2, 0.25) is 0 Å². The van der Waals surface area contributed by atoms with Gasteiger partial charge in [-0.2, -0.15) is 4.80 Å². The van der Waals surface area contributed by atoms with Crippen LogP contribution >= 0.6 is 11.6 Å². The van der Waals surface area contributed by atoms with Gasteiger partial charge in [-0.25, -0.2) is 0 Å². The van der Waals surface area contributed by atoms with Crippen molar-refractivity contribution < 1.29 is 0 Å². The number of aryl methyl sites for hydroxylation is 1. The third-order valence-corrected chi connectivity index (χ3v) is 3.59. The van der Waals surface area contributed by atoms with Crippen LogP contribution < -0.4 is 0 Å². The third kappa shape index (κ3) is 1.90. The van der Waals surface area contributed by atoms with E-state index in [0.717, 1.165) is 18.2 Å². The van der Waals surface area contributed by atoms with Crippen molar-refractivity contribution in [2.75, 3.05) is 5.88 Å². The molecule has 0 amide bonds. The molecule has 4 nitrogen and oxygen atoms in total. The third-order valence-electron chi connectivity index (χ3n) is 2.98. The second kappa shape index (κ2) is 3.50. The minimum atomic E-state index is 0.157. The lowest BCUT2D eigenvalue weighted by Crippen LogP contribution is -2.25. The first-order valence-electron chi connectivity index (χ1n) is 4.93. The first kappa shape index (κ1) is 9.90. The molecule has 0 spiro atoms. The van der Waals surface area contributed by atoms with E-state index in [0.29, 0.717) is 5.88 Å². The summed E-state index contributed by atoms with van der Waals surface area (Å²) in [5, 5.41) is 12.0. The molecule has 2 rings (SSSR count). The predicted molar refractivity (Wildman–Crippen MR) is 54.1 cm³/mol. The minimum absolute atomic E-state index is 0.157. The molecule has 78 valence electrons. The summed E-state index contributed by atoms with van der Waals surface area (Å²) in [6.07, 6.45) is 3.43. The number of rotatable bonds is 4. The molecule has 1 aromatic rings. The van der Waals surface area contributed by atoms with E-state index in [1.807, 2.05) is 0 Å². The average Bonchev–Trinajstić information content (AvgIpc) is 2.93. The highest BCUT2D eigenvalue weighted by atomic mass is 35.5. The molecule has 1 aromatic heterocycles. The van der Waals surface area contributed by atoms with Crippen molar-refractivity contribution in [2.45, 2.75) is 26.2 Å². The van der Waals surface area contributed by atoms with E-state index in [2.05, 4.69) is 22.3 Å². The summed E-state index contributed by atoms with van der Waals surface area (Å²) in [6.45, 7) is 2.22. The van der Waals surface area contributed by atoms with E-state index >= 15 is 0 Å². The molecule has 14 heavy (non-hydrogen) atoms. The summed E-state index contributed by atoms with van der Waals surface area (Å²) >= 11 is 6.02. The summed E-state index contributed by atoms with van der Waals surface area (Å²) in [6, 6.07) is 0. The average molecular weight is 215 g/mol. The maximum absolute atomic E-state index is 6.02. The lowest BCUT2D eigenvalue weighted by Gasteiger charge is -2.25. The van der Waals surface area contributed by atoms with Crippen molar-refractivity contribution in [3.63, 3.8) is 0 Å². The van der Waals surface area contributed by atoms with E-state index < -0.39 is 0 Å². The zero-order valence-electron chi connectivity index (χ0n) is 8.57. The van der Waals surface area contributed by atoms with Crippen molar-refractivity contribution in [1.82, 2.24) is 20.2 Å². The molecule has 1 atom stereocenters. The monoisotopic (exact) mass is 214 g/mol. The number of aromatic nitrogens is 4. The second-order valence-corrected chi connectivity index (χ2v) is 4.70. The van der Waals surface area contributed by atoms with Crippen molar-refractivity contribution in [2.24, 2.45) is 18.4 Å². The molecule has 0 aliphatic heterocycles. The number of halogens is 1. The Labute approximate surface area is 88.6 Å². The summed E-state index contributed by atoms with van der Waals surface area (Å²) < 4.78 is 0. The van der Waals surface area contributed by atoms with E-state index in [-0.39, 0.29) is 5.41 Å². The fraction of sp³-hybridized carbons (Fsp3) is 0.889. The SMILES string of the molecule is Cn1nnc(CC(C)(CCl)C2CC2)n1. The molecule has 1 aliphatic rings. The number of nitrogens with zero attached hydrogens (tertiary/aromatic N) is 4. The summed E-state index contributed by atoms with van der Waals surface area (Å²) in [7, 11) is 1.78. The summed E-state index contributed by atoms with van der Waals surface area (Å²) in [4.78, 5) is 1.50. The molecule has 0 aromatic carbocycles. The molecule has 1 heterocycles. The van der Waals surface area contributed by atoms with Gasteiger partial charge >= 0.3 is 0 Å². The molecule has 0 N–H and O–H groups in total. The number of alkyl halides is 1. The van der Waals surface area contributed by atoms with Crippen molar-refractivity contribution in [3.05, 3.63) is 5.82 Å². The Morgan fingerprint density at radius 1 is 1.57 bits per heavy atom. The number of hydrogen-bond acceptors (Lipinski definition) is 3. The van der Waals surface area contributed by atoms with Crippen LogP contribution in [0.1, 0.15) is 25.6 Å². The minimum Gasteiger partial charge on any atom is -0.167 e. The van der Waals surface area contributed by atoms with Crippen LogP contribution in [0, 0.1) is 11.3 Å². The van der Waals surface area contributed by atoms with Gasteiger partial charge in [-0.1, -0.05) is 6.92 Å². The smallest absolute Gasteiger partial charge is 0.167 e. The second-order valence-electron chi connectivity index (χ2n) is 4.43. The van der Waals surface area contributed by atoms with Gasteiger partial charge in [0.15, 0.2) is 5.82 Å². The molecule has 0 saturated heterocycles. The van der Waals surface area contributed by atoms with Gasteiger partial charge in [0.25, 0.3) is 0 Å². The van der Waals surface area contributed by atoms with Gasteiger partial charge in [0, 0.05) is 12.3 Å². The Kier molecular flexibility index (Phi) is 2.47. The van der Waals surface area contributed by atoms with Gasteiger partial charge in [0.2, 0.25) is 0 Å². The van der Waals surface area contributed by atoms with Crippen LogP contribution in [0.25, 0.3) is 0 Å². The molecule has 0 radical (unpaired) electrons. The fourth-order valence-electron chi connectivity index (χ4n) is 1.84. The Morgan fingerprint density at radius 3 is 2.71 bits per heavy atom. The van der Waals surface area contributed by atoms with Crippen LogP contribution in [-0.2, 0) is 13.5 Å². The van der Waals surface area contributed by atoms with Gasteiger partial charge in [-0.05, 0) is 29.4 Å². The lowest BCUT2D eigenvalue weighted by molar-refractivity contribution is 0.306. The van der Waals surface area contributed by atoms with E-state index in [4.69, 9.17) is 11.6 Å². The Bertz CT molecular complexity index is 320. The Hall–Kier alpha value is -0.640. The quantitative estimate of drug-likeness (QED) is 0.712. The highest BCUT2D eigenvalue weighted by Crippen LogP contribution is 2.47. The predicted octanol–water partition coefficient (Wildman–Crippen LogP) is 1.41. The largest absolute Gasteiger partial charge is 0.175 e. The molecule has 1 saturated carbocycles. The van der Waals surface area contributed by atoms with Gasteiger partial charge in [-0.15, -0.1) is 21.8 Å². The Morgan fingerprint density at radius 2 is 2.29 bits per heavy atom. The molecule has 5 heteroatoms. The van der Waals surface area contributed by atoms with Gasteiger partial charge in [0.1, 0.15) is 0 Å². The molecular formula is C9H15ClN4. The van der Waals surface area contributed by atoms with Crippen LogP contribution in [-0.4, -0.2) is 26.1 Å². The standard InChI is InChI=1S/C9H15ClN4/c1-9(6-10,7-3-4-7)5-8-11-13-14(2)12-8/h7H,3-6H2,1-2H3. The van der Waals surface area contributed by atoms with Gasteiger partial charge in [-0.3, -0.25) is 0 Å². The van der Waals surface area contributed by atoms with Crippen LogP contribution in [0.15, 0.2) is 0 Å². The molecule has 1 unspecified atom stereocenters. The van der Waals surface area contributed by atoms with Crippen molar-refractivity contribution in [1.29, 1.82) is 0 Å². The molecule has 1 aliphatic carbocycles. The maximum Gasteiger partial charge on any atom is 0.175 e. The van der Waals surface area contributed by atoms with Crippen molar-refractivity contribution in [3.8, 4) is 0 Å². The number of hydrogen-bond donors (Lipinski definition) is 0.